The lowest BCUT2D eigenvalue weighted by atomic mass is 10.1. The van der Waals surface area contributed by atoms with Gasteiger partial charge in [0.25, 0.3) is 11.8 Å². The Morgan fingerprint density at radius 2 is 1.57 bits per heavy atom. The highest BCUT2D eigenvalue weighted by molar-refractivity contribution is 6.23. The SMILES string of the molecule is COc1ccc(CN2C(=O)c3cccc(N4CCN(Cc5ccc(F)cc5F)CC4)c3C2=O)cc1OC. The summed E-state index contributed by atoms with van der Waals surface area (Å²) in [5.41, 5.74) is 2.71. The van der Waals surface area contributed by atoms with E-state index < -0.39 is 11.6 Å². The van der Waals surface area contributed by atoms with Crippen LogP contribution < -0.4 is 14.4 Å². The van der Waals surface area contributed by atoms with E-state index in [1.54, 1.807) is 37.4 Å². The zero-order valence-electron chi connectivity index (χ0n) is 20.7. The maximum Gasteiger partial charge on any atom is 0.263 e. The minimum absolute atomic E-state index is 0.114. The summed E-state index contributed by atoms with van der Waals surface area (Å²) in [7, 11) is 3.08. The Morgan fingerprint density at radius 3 is 2.27 bits per heavy atom. The van der Waals surface area contributed by atoms with E-state index in [1.807, 2.05) is 6.07 Å². The quantitative estimate of drug-likeness (QED) is 0.449. The molecule has 3 aromatic rings. The van der Waals surface area contributed by atoms with E-state index in [2.05, 4.69) is 9.80 Å². The lowest BCUT2D eigenvalue weighted by Crippen LogP contribution is -2.46. The zero-order valence-corrected chi connectivity index (χ0v) is 20.7. The van der Waals surface area contributed by atoms with Crippen LogP contribution in [0, 0.1) is 11.6 Å². The molecule has 1 fully saturated rings. The molecule has 3 aromatic carbocycles. The maximum atomic E-state index is 14.1. The number of benzene rings is 3. The number of piperazine rings is 1. The van der Waals surface area contributed by atoms with E-state index in [0.29, 0.717) is 60.9 Å². The number of nitrogens with zero attached hydrogens (tertiary/aromatic N) is 3. The van der Waals surface area contributed by atoms with E-state index in [-0.39, 0.29) is 18.4 Å². The third-order valence-corrected chi connectivity index (χ3v) is 6.89. The number of hydrogen-bond donors (Lipinski definition) is 0. The van der Waals surface area contributed by atoms with Crippen LogP contribution in [-0.2, 0) is 13.1 Å². The molecule has 0 saturated carbocycles. The molecule has 7 nitrogen and oxygen atoms in total. The van der Waals surface area contributed by atoms with E-state index in [9.17, 15) is 18.4 Å². The highest BCUT2D eigenvalue weighted by Crippen LogP contribution is 2.34. The van der Waals surface area contributed by atoms with Crippen LogP contribution in [0.2, 0.25) is 0 Å². The van der Waals surface area contributed by atoms with E-state index in [0.717, 1.165) is 17.3 Å². The van der Waals surface area contributed by atoms with Crippen LogP contribution in [0.25, 0.3) is 0 Å². The fourth-order valence-electron chi connectivity index (χ4n) is 4.92. The number of methoxy groups -OCH3 is 2. The van der Waals surface area contributed by atoms with Crippen LogP contribution in [0.3, 0.4) is 0 Å². The standard InChI is InChI=1S/C28H27F2N3O4/c1-36-24-9-6-18(14-25(24)37-2)16-33-27(34)21-4-3-5-23(26(21)28(33)35)32-12-10-31(11-13-32)17-19-7-8-20(29)15-22(19)30/h3-9,14-15H,10-13,16-17H2,1-2H3. The first-order chi connectivity index (χ1) is 17.9. The Labute approximate surface area is 213 Å². The summed E-state index contributed by atoms with van der Waals surface area (Å²) < 4.78 is 37.9. The number of anilines is 1. The summed E-state index contributed by atoms with van der Waals surface area (Å²) in [6, 6.07) is 14.3. The molecule has 5 rings (SSSR count). The van der Waals surface area contributed by atoms with Gasteiger partial charge in [-0.15, -0.1) is 0 Å². The molecule has 0 aromatic heterocycles. The fourth-order valence-corrected chi connectivity index (χ4v) is 4.92. The summed E-state index contributed by atoms with van der Waals surface area (Å²) in [6.45, 7) is 2.98. The van der Waals surface area contributed by atoms with Crippen LogP contribution in [0.15, 0.2) is 54.6 Å². The molecule has 0 unspecified atom stereocenters. The summed E-state index contributed by atoms with van der Waals surface area (Å²) in [5, 5.41) is 0. The van der Waals surface area contributed by atoms with Crippen LogP contribution in [0.4, 0.5) is 14.5 Å². The number of amides is 2. The highest BCUT2D eigenvalue weighted by Gasteiger charge is 2.39. The van der Waals surface area contributed by atoms with Crippen molar-refractivity contribution < 1.29 is 27.8 Å². The molecule has 0 aliphatic carbocycles. The third-order valence-electron chi connectivity index (χ3n) is 6.89. The van der Waals surface area contributed by atoms with E-state index in [1.165, 1.54) is 24.1 Å². The van der Waals surface area contributed by atoms with Gasteiger partial charge in [0.15, 0.2) is 11.5 Å². The van der Waals surface area contributed by atoms with Crippen molar-refractivity contribution in [3.8, 4) is 11.5 Å². The monoisotopic (exact) mass is 507 g/mol. The van der Waals surface area contributed by atoms with Crippen LogP contribution in [0.1, 0.15) is 31.8 Å². The molecule has 0 bridgehead atoms. The number of ether oxygens (including phenoxy) is 2. The first kappa shape index (κ1) is 24.7. The average molecular weight is 508 g/mol. The van der Waals surface area contributed by atoms with Crippen molar-refractivity contribution in [1.82, 2.24) is 9.80 Å². The number of rotatable bonds is 7. The van der Waals surface area contributed by atoms with E-state index in [4.69, 9.17) is 9.47 Å². The summed E-state index contributed by atoms with van der Waals surface area (Å²) in [6.07, 6.45) is 0. The molecule has 192 valence electrons. The van der Waals surface area contributed by atoms with Gasteiger partial charge in [-0.1, -0.05) is 18.2 Å². The third kappa shape index (κ3) is 4.74. The molecule has 0 atom stereocenters. The van der Waals surface area contributed by atoms with Crippen molar-refractivity contribution in [2.75, 3.05) is 45.3 Å². The highest BCUT2D eigenvalue weighted by atomic mass is 19.1. The number of halogens is 2. The van der Waals surface area contributed by atoms with Crippen LogP contribution in [-0.4, -0.2) is 62.0 Å². The van der Waals surface area contributed by atoms with Gasteiger partial charge in [0.1, 0.15) is 11.6 Å². The Balaban J connectivity index is 1.31. The summed E-state index contributed by atoms with van der Waals surface area (Å²) in [4.78, 5) is 32.1. The van der Waals surface area contributed by atoms with Gasteiger partial charge in [-0.05, 0) is 35.9 Å². The van der Waals surface area contributed by atoms with Crippen LogP contribution in [0.5, 0.6) is 11.5 Å². The first-order valence-electron chi connectivity index (χ1n) is 12.0. The molecule has 1 saturated heterocycles. The van der Waals surface area contributed by atoms with Crippen molar-refractivity contribution in [3.05, 3.63) is 88.5 Å². The van der Waals surface area contributed by atoms with Gasteiger partial charge in [-0.25, -0.2) is 8.78 Å². The van der Waals surface area contributed by atoms with Gasteiger partial charge in [0.05, 0.1) is 37.6 Å². The second-order valence-corrected chi connectivity index (χ2v) is 9.08. The molecule has 2 aliphatic heterocycles. The molecule has 0 N–H and O–H groups in total. The number of carbonyl (C=O) groups is 2. The first-order valence-corrected chi connectivity index (χ1v) is 12.0. The lowest BCUT2D eigenvalue weighted by molar-refractivity contribution is 0.0642. The maximum absolute atomic E-state index is 14.1. The van der Waals surface area contributed by atoms with Gasteiger partial charge in [-0.2, -0.15) is 0 Å². The fraction of sp³-hybridized carbons (Fsp3) is 0.286. The summed E-state index contributed by atoms with van der Waals surface area (Å²) in [5.74, 6) is -0.721. The van der Waals surface area contributed by atoms with Gasteiger partial charge in [0.2, 0.25) is 0 Å². The van der Waals surface area contributed by atoms with Gasteiger partial charge in [0, 0.05) is 44.4 Å². The molecule has 0 spiro atoms. The second kappa shape index (κ2) is 10.2. The molecular formula is C28H27F2N3O4. The lowest BCUT2D eigenvalue weighted by Gasteiger charge is -2.36. The van der Waals surface area contributed by atoms with Gasteiger partial charge < -0.3 is 14.4 Å². The Hall–Kier alpha value is -3.98. The Kier molecular flexibility index (Phi) is 6.80. The molecular weight excluding hydrogens is 480 g/mol. The predicted octanol–water partition coefficient (Wildman–Crippen LogP) is 4.10. The minimum Gasteiger partial charge on any atom is -0.493 e. The topological polar surface area (TPSA) is 62.3 Å². The number of fused-ring (bicyclic) bond motifs is 1. The van der Waals surface area contributed by atoms with Crippen molar-refractivity contribution in [1.29, 1.82) is 0 Å². The number of carbonyl (C=O) groups excluding carboxylic acids is 2. The Bertz CT molecular complexity index is 1360. The average Bonchev–Trinajstić information content (AvgIpc) is 3.15. The molecule has 2 aliphatic rings. The molecule has 37 heavy (non-hydrogen) atoms. The minimum atomic E-state index is -0.594. The van der Waals surface area contributed by atoms with Gasteiger partial charge in [-0.3, -0.25) is 19.4 Å². The predicted molar refractivity (Wildman–Crippen MR) is 134 cm³/mol. The van der Waals surface area contributed by atoms with Crippen molar-refractivity contribution >= 4 is 17.5 Å². The summed E-state index contributed by atoms with van der Waals surface area (Å²) >= 11 is 0. The van der Waals surface area contributed by atoms with Crippen molar-refractivity contribution in [3.63, 3.8) is 0 Å². The molecule has 9 heteroatoms. The van der Waals surface area contributed by atoms with E-state index >= 15 is 0 Å². The van der Waals surface area contributed by atoms with Gasteiger partial charge >= 0.3 is 0 Å². The Morgan fingerprint density at radius 1 is 0.811 bits per heavy atom. The second-order valence-electron chi connectivity index (χ2n) is 9.08. The van der Waals surface area contributed by atoms with Crippen molar-refractivity contribution in [2.24, 2.45) is 0 Å². The normalized spacial score (nSPS) is 15.8. The van der Waals surface area contributed by atoms with Crippen molar-refractivity contribution in [2.45, 2.75) is 13.1 Å². The van der Waals surface area contributed by atoms with Crippen LogP contribution >= 0.6 is 0 Å². The molecule has 2 heterocycles. The largest absolute Gasteiger partial charge is 0.493 e. The zero-order chi connectivity index (χ0) is 26.1. The smallest absolute Gasteiger partial charge is 0.263 e. The molecule has 2 amide bonds. The number of hydrogen-bond acceptors (Lipinski definition) is 6. The number of imide groups is 1. The molecule has 0 radical (unpaired) electrons.